The summed E-state index contributed by atoms with van der Waals surface area (Å²) in [6.45, 7) is 1.73. The highest BCUT2D eigenvalue weighted by Crippen LogP contribution is 2.45. The van der Waals surface area contributed by atoms with Crippen molar-refractivity contribution < 1.29 is 23.1 Å². The van der Waals surface area contributed by atoms with Crippen molar-refractivity contribution in [2.75, 3.05) is 12.0 Å². The lowest BCUT2D eigenvalue weighted by molar-refractivity contribution is -0.160. The molecule has 6 nitrogen and oxygen atoms in total. The average molecular weight is 317 g/mol. The van der Waals surface area contributed by atoms with Crippen LogP contribution < -0.4 is 0 Å². The lowest BCUT2D eigenvalue weighted by Crippen LogP contribution is -2.48. The number of hydrogen-bond donors (Lipinski definition) is 1. The Labute approximate surface area is 125 Å². The summed E-state index contributed by atoms with van der Waals surface area (Å²) in [4.78, 5) is 25.5. The maximum absolute atomic E-state index is 12.5. The van der Waals surface area contributed by atoms with Gasteiger partial charge >= 0.3 is 5.97 Å². The summed E-state index contributed by atoms with van der Waals surface area (Å²) in [7, 11) is -3.17. The fourth-order valence-corrected chi connectivity index (χ4v) is 4.17. The summed E-state index contributed by atoms with van der Waals surface area (Å²) in [6, 6.07) is -0.314. The molecule has 0 saturated heterocycles. The number of carboxylic acid groups (broad SMARTS) is 1. The molecule has 0 radical (unpaired) electrons. The van der Waals surface area contributed by atoms with Gasteiger partial charge in [0.15, 0.2) is 0 Å². The van der Waals surface area contributed by atoms with E-state index in [0.29, 0.717) is 12.8 Å². The molecule has 2 aliphatic carbocycles. The minimum Gasteiger partial charge on any atom is -0.481 e. The first-order valence-corrected chi connectivity index (χ1v) is 9.43. The fraction of sp³-hybridized carbons (Fsp3) is 0.857. The molecule has 2 fully saturated rings. The summed E-state index contributed by atoms with van der Waals surface area (Å²) in [6.07, 6.45) is 4.80. The monoisotopic (exact) mass is 317 g/mol. The van der Waals surface area contributed by atoms with Crippen molar-refractivity contribution in [3.8, 4) is 0 Å². The highest BCUT2D eigenvalue weighted by Gasteiger charge is 2.48. The molecule has 1 amide bonds. The van der Waals surface area contributed by atoms with Crippen LogP contribution in [-0.4, -0.2) is 54.4 Å². The Morgan fingerprint density at radius 2 is 1.90 bits per heavy atom. The van der Waals surface area contributed by atoms with Crippen LogP contribution >= 0.6 is 0 Å². The molecule has 0 spiro atoms. The number of carbonyl (C=O) groups excluding carboxylic acids is 1. The second-order valence-electron chi connectivity index (χ2n) is 6.59. The molecular formula is C14H23NO5S. The molecular weight excluding hydrogens is 294 g/mol. The predicted molar refractivity (Wildman–Crippen MR) is 77.6 cm³/mol. The highest BCUT2D eigenvalue weighted by molar-refractivity contribution is 7.90. The minimum absolute atomic E-state index is 0.00701. The molecule has 0 bridgehead atoms. The number of amides is 1. The Balaban J connectivity index is 2.08. The van der Waals surface area contributed by atoms with Crippen molar-refractivity contribution in [1.29, 1.82) is 0 Å². The van der Waals surface area contributed by atoms with Crippen LogP contribution in [0, 0.1) is 5.41 Å². The Morgan fingerprint density at radius 1 is 1.33 bits per heavy atom. The van der Waals surface area contributed by atoms with Gasteiger partial charge in [0.2, 0.25) is 5.91 Å². The molecule has 2 aliphatic rings. The standard InChI is InChI=1S/C14H23NO5S/c1-10(9-21(2,19)20)15(11-4-5-11)12(16)8-14(13(17)18)6-3-7-14/h10-11H,3-9H2,1-2H3,(H,17,18). The maximum Gasteiger partial charge on any atom is 0.310 e. The summed E-state index contributed by atoms with van der Waals surface area (Å²) >= 11 is 0. The largest absolute Gasteiger partial charge is 0.481 e. The Bertz CT molecular complexity index is 534. The van der Waals surface area contributed by atoms with Crippen LogP contribution in [-0.2, 0) is 19.4 Å². The van der Waals surface area contributed by atoms with E-state index in [0.717, 1.165) is 25.5 Å². The van der Waals surface area contributed by atoms with Crippen molar-refractivity contribution in [1.82, 2.24) is 4.90 Å². The molecule has 0 aromatic rings. The lowest BCUT2D eigenvalue weighted by Gasteiger charge is -2.39. The average Bonchev–Trinajstić information content (AvgIpc) is 3.04. The van der Waals surface area contributed by atoms with E-state index in [1.165, 1.54) is 0 Å². The quantitative estimate of drug-likeness (QED) is 0.758. The number of carboxylic acids is 1. The summed E-state index contributed by atoms with van der Waals surface area (Å²) in [5.41, 5.74) is -0.922. The molecule has 120 valence electrons. The first-order chi connectivity index (χ1) is 9.65. The van der Waals surface area contributed by atoms with Gasteiger partial charge in [-0.2, -0.15) is 0 Å². The SMILES string of the molecule is CC(CS(C)(=O)=O)N(C(=O)CC1(C(=O)O)CCC1)C1CC1. The van der Waals surface area contributed by atoms with Crippen LogP contribution in [0.1, 0.15) is 45.4 Å². The van der Waals surface area contributed by atoms with E-state index < -0.39 is 27.3 Å². The third-order valence-electron chi connectivity index (χ3n) is 4.50. The van der Waals surface area contributed by atoms with Crippen molar-refractivity contribution in [3.63, 3.8) is 0 Å². The molecule has 0 heterocycles. The number of hydrogen-bond acceptors (Lipinski definition) is 4. The van der Waals surface area contributed by atoms with Crippen LogP contribution in [0.15, 0.2) is 0 Å². The van der Waals surface area contributed by atoms with Crippen LogP contribution in [0.25, 0.3) is 0 Å². The van der Waals surface area contributed by atoms with Gasteiger partial charge in [-0.25, -0.2) is 8.42 Å². The molecule has 2 rings (SSSR count). The van der Waals surface area contributed by atoms with Gasteiger partial charge in [0, 0.05) is 24.8 Å². The molecule has 7 heteroatoms. The van der Waals surface area contributed by atoms with E-state index in [2.05, 4.69) is 0 Å². The predicted octanol–water partition coefficient (Wildman–Crippen LogP) is 1.06. The van der Waals surface area contributed by atoms with E-state index in [9.17, 15) is 23.1 Å². The molecule has 1 atom stereocenters. The highest BCUT2D eigenvalue weighted by atomic mass is 32.2. The van der Waals surface area contributed by atoms with E-state index in [-0.39, 0.29) is 24.1 Å². The van der Waals surface area contributed by atoms with Crippen molar-refractivity contribution in [2.24, 2.45) is 5.41 Å². The molecule has 0 aromatic heterocycles. The zero-order valence-corrected chi connectivity index (χ0v) is 13.4. The van der Waals surface area contributed by atoms with Crippen LogP contribution in [0.3, 0.4) is 0 Å². The molecule has 0 aliphatic heterocycles. The second kappa shape index (κ2) is 5.59. The number of rotatable bonds is 7. The van der Waals surface area contributed by atoms with Gasteiger partial charge in [0.1, 0.15) is 9.84 Å². The summed E-state index contributed by atoms with van der Waals surface area (Å²) in [5.74, 6) is -1.20. The van der Waals surface area contributed by atoms with Crippen LogP contribution in [0.4, 0.5) is 0 Å². The first-order valence-electron chi connectivity index (χ1n) is 7.37. The van der Waals surface area contributed by atoms with Gasteiger partial charge < -0.3 is 10.0 Å². The van der Waals surface area contributed by atoms with Crippen molar-refractivity contribution >= 4 is 21.7 Å². The third-order valence-corrected chi connectivity index (χ3v) is 5.59. The van der Waals surface area contributed by atoms with Gasteiger partial charge in [0.25, 0.3) is 0 Å². The lowest BCUT2D eigenvalue weighted by atomic mass is 9.66. The van der Waals surface area contributed by atoms with Crippen molar-refractivity contribution in [3.05, 3.63) is 0 Å². The van der Waals surface area contributed by atoms with Gasteiger partial charge in [-0.3, -0.25) is 9.59 Å². The van der Waals surface area contributed by atoms with E-state index in [4.69, 9.17) is 0 Å². The van der Waals surface area contributed by atoms with E-state index >= 15 is 0 Å². The van der Waals surface area contributed by atoms with Gasteiger partial charge in [-0.05, 0) is 32.6 Å². The number of aliphatic carboxylic acids is 1. The maximum atomic E-state index is 12.5. The second-order valence-corrected chi connectivity index (χ2v) is 8.77. The molecule has 0 aromatic carbocycles. The molecule has 21 heavy (non-hydrogen) atoms. The van der Waals surface area contributed by atoms with Crippen LogP contribution in [0.5, 0.6) is 0 Å². The van der Waals surface area contributed by atoms with Gasteiger partial charge in [-0.1, -0.05) is 6.42 Å². The summed E-state index contributed by atoms with van der Waals surface area (Å²) < 4.78 is 22.9. The minimum atomic E-state index is -3.17. The Hall–Kier alpha value is -1.11. The number of sulfone groups is 1. The molecule has 2 saturated carbocycles. The van der Waals surface area contributed by atoms with Gasteiger partial charge in [-0.15, -0.1) is 0 Å². The third kappa shape index (κ3) is 3.75. The molecule has 1 unspecified atom stereocenters. The topological polar surface area (TPSA) is 91.8 Å². The van der Waals surface area contributed by atoms with E-state index in [1.807, 2.05) is 0 Å². The zero-order valence-electron chi connectivity index (χ0n) is 12.5. The van der Waals surface area contributed by atoms with Crippen molar-refractivity contribution in [2.45, 2.75) is 57.5 Å². The Kier molecular flexibility index (Phi) is 4.33. The smallest absolute Gasteiger partial charge is 0.310 e. The van der Waals surface area contributed by atoms with E-state index in [1.54, 1.807) is 11.8 Å². The Morgan fingerprint density at radius 3 is 2.24 bits per heavy atom. The number of carbonyl (C=O) groups is 2. The molecule has 1 N–H and O–H groups in total. The zero-order chi connectivity index (χ0) is 15.8. The van der Waals surface area contributed by atoms with Crippen LogP contribution in [0.2, 0.25) is 0 Å². The number of nitrogens with zero attached hydrogens (tertiary/aromatic N) is 1. The fourth-order valence-electron chi connectivity index (χ4n) is 3.13. The normalized spacial score (nSPS) is 22.2. The summed E-state index contributed by atoms with van der Waals surface area (Å²) in [5, 5.41) is 9.33. The first kappa shape index (κ1) is 16.3. The van der Waals surface area contributed by atoms with Gasteiger partial charge in [0.05, 0.1) is 11.2 Å².